The van der Waals surface area contributed by atoms with E-state index >= 15 is 0 Å². The highest BCUT2D eigenvalue weighted by molar-refractivity contribution is 6.33. The number of halogens is 2. The molecule has 0 fully saturated rings. The Morgan fingerprint density at radius 3 is 2.30 bits per heavy atom. The Labute approximate surface area is 166 Å². The lowest BCUT2D eigenvalue weighted by Crippen LogP contribution is -2.23. The number of hydrogen-bond donors (Lipinski definition) is 3. The van der Waals surface area contributed by atoms with Crippen LogP contribution in [0, 0.1) is 0 Å². The van der Waals surface area contributed by atoms with Gasteiger partial charge in [0.25, 0.3) is 5.91 Å². The Hall–Kier alpha value is -2.64. The number of methoxy groups -OCH3 is 2. The highest BCUT2D eigenvalue weighted by atomic mass is 35.5. The first-order valence-corrected chi connectivity index (χ1v) is 8.62. The predicted molar refractivity (Wildman–Crippen MR) is 107 cm³/mol. The average Bonchev–Trinajstić information content (AvgIpc) is 2.67. The summed E-state index contributed by atoms with van der Waals surface area (Å²) in [5.74, 6) is 0.201. The zero-order valence-corrected chi connectivity index (χ0v) is 16.5. The van der Waals surface area contributed by atoms with Crippen LogP contribution < -0.4 is 25.4 Å². The van der Waals surface area contributed by atoms with Gasteiger partial charge in [-0.15, -0.1) is 0 Å². The molecule has 9 heteroatoms. The minimum atomic E-state index is -0.348. The molecule has 2 aromatic rings. The van der Waals surface area contributed by atoms with Gasteiger partial charge in [-0.3, -0.25) is 9.59 Å². The van der Waals surface area contributed by atoms with Crippen molar-refractivity contribution in [3.8, 4) is 11.5 Å². The molecule has 0 aliphatic carbocycles. The molecule has 0 aliphatic rings. The van der Waals surface area contributed by atoms with Crippen molar-refractivity contribution in [3.63, 3.8) is 0 Å². The van der Waals surface area contributed by atoms with Gasteiger partial charge in [-0.2, -0.15) is 0 Å². The molecule has 2 rings (SSSR count). The molecule has 3 N–H and O–H groups in total. The lowest BCUT2D eigenvalue weighted by atomic mass is 10.2. The summed E-state index contributed by atoms with van der Waals surface area (Å²) in [6, 6.07) is 7.86. The van der Waals surface area contributed by atoms with Gasteiger partial charge in [0.15, 0.2) is 0 Å². The van der Waals surface area contributed by atoms with E-state index in [0.717, 1.165) is 0 Å². The van der Waals surface area contributed by atoms with Gasteiger partial charge in [0.1, 0.15) is 11.5 Å². The molecular formula is C18H19Cl2N3O4. The SMILES string of the molecule is CNC(=O)c1ccc(Cl)c(NCC(=O)Nc2cc(OC)c(Cl)cc2OC)c1. The lowest BCUT2D eigenvalue weighted by Gasteiger charge is -2.14. The molecule has 2 amide bonds. The van der Waals surface area contributed by atoms with Crippen molar-refractivity contribution in [2.45, 2.75) is 0 Å². The standard InChI is InChI=1S/C18H19Cl2N3O4/c1-21-18(25)10-4-5-11(19)13(6-10)22-9-17(24)23-14-8-15(26-2)12(20)7-16(14)27-3/h4-8,22H,9H2,1-3H3,(H,21,25)(H,23,24). The first kappa shape index (κ1) is 20.7. The van der Waals surface area contributed by atoms with Crippen LogP contribution in [0.25, 0.3) is 0 Å². The van der Waals surface area contributed by atoms with Crippen molar-refractivity contribution in [3.05, 3.63) is 45.9 Å². The number of amides is 2. The maximum atomic E-state index is 12.3. The minimum Gasteiger partial charge on any atom is -0.495 e. The van der Waals surface area contributed by atoms with Gasteiger partial charge in [0.2, 0.25) is 5.91 Å². The van der Waals surface area contributed by atoms with Crippen molar-refractivity contribution in [1.29, 1.82) is 0 Å². The Morgan fingerprint density at radius 1 is 0.963 bits per heavy atom. The molecule has 0 aromatic heterocycles. The third kappa shape index (κ3) is 5.18. The second-order valence-electron chi connectivity index (χ2n) is 5.36. The van der Waals surface area contributed by atoms with Crippen molar-refractivity contribution >= 4 is 46.4 Å². The third-order valence-electron chi connectivity index (χ3n) is 3.64. The Morgan fingerprint density at radius 2 is 1.67 bits per heavy atom. The number of rotatable bonds is 7. The highest BCUT2D eigenvalue weighted by Crippen LogP contribution is 2.35. The number of benzene rings is 2. The molecular weight excluding hydrogens is 393 g/mol. The fraction of sp³-hybridized carbons (Fsp3) is 0.222. The zero-order valence-electron chi connectivity index (χ0n) is 15.0. The highest BCUT2D eigenvalue weighted by Gasteiger charge is 2.13. The second kappa shape index (κ2) is 9.34. The van der Waals surface area contributed by atoms with Gasteiger partial charge >= 0.3 is 0 Å². The largest absolute Gasteiger partial charge is 0.495 e. The van der Waals surface area contributed by atoms with Crippen LogP contribution in [0.4, 0.5) is 11.4 Å². The van der Waals surface area contributed by atoms with Gasteiger partial charge in [-0.1, -0.05) is 23.2 Å². The first-order valence-electron chi connectivity index (χ1n) is 7.86. The summed E-state index contributed by atoms with van der Waals surface area (Å²) >= 11 is 12.2. The van der Waals surface area contributed by atoms with Crippen LogP contribution in [0.1, 0.15) is 10.4 Å². The molecule has 144 valence electrons. The van der Waals surface area contributed by atoms with E-state index in [1.165, 1.54) is 21.3 Å². The van der Waals surface area contributed by atoms with Crippen LogP contribution in [-0.2, 0) is 4.79 Å². The van der Waals surface area contributed by atoms with E-state index in [2.05, 4.69) is 16.0 Å². The van der Waals surface area contributed by atoms with Crippen molar-refractivity contribution in [2.24, 2.45) is 0 Å². The maximum Gasteiger partial charge on any atom is 0.251 e. The summed E-state index contributed by atoms with van der Waals surface area (Å²) in [7, 11) is 4.48. The van der Waals surface area contributed by atoms with Crippen LogP contribution in [0.2, 0.25) is 10.0 Å². The number of carbonyl (C=O) groups excluding carboxylic acids is 2. The molecule has 7 nitrogen and oxygen atoms in total. The molecule has 0 radical (unpaired) electrons. The van der Waals surface area contributed by atoms with Gasteiger partial charge in [-0.25, -0.2) is 0 Å². The smallest absolute Gasteiger partial charge is 0.251 e. The number of ether oxygens (including phenoxy) is 2. The van der Waals surface area contributed by atoms with Gasteiger partial charge in [0.05, 0.1) is 42.2 Å². The van der Waals surface area contributed by atoms with Crippen LogP contribution in [0.3, 0.4) is 0 Å². The van der Waals surface area contributed by atoms with Crippen LogP contribution in [0.5, 0.6) is 11.5 Å². The molecule has 0 bridgehead atoms. The third-order valence-corrected chi connectivity index (χ3v) is 4.27. The number of hydrogen-bond acceptors (Lipinski definition) is 5. The fourth-order valence-corrected chi connectivity index (χ4v) is 2.69. The summed E-state index contributed by atoms with van der Waals surface area (Å²) in [5.41, 5.74) is 1.30. The van der Waals surface area contributed by atoms with Crippen molar-refractivity contribution in [1.82, 2.24) is 5.32 Å². The summed E-state index contributed by atoms with van der Waals surface area (Å²) in [6.45, 7) is -0.0784. The van der Waals surface area contributed by atoms with Crippen molar-refractivity contribution < 1.29 is 19.1 Å². The number of carbonyl (C=O) groups is 2. The molecule has 0 atom stereocenters. The Bertz CT molecular complexity index is 859. The Balaban J connectivity index is 2.10. The summed E-state index contributed by atoms with van der Waals surface area (Å²) in [4.78, 5) is 24.0. The van der Waals surface area contributed by atoms with Crippen molar-refractivity contribution in [2.75, 3.05) is 38.4 Å². The van der Waals surface area contributed by atoms with E-state index in [1.807, 2.05) is 0 Å². The van der Waals surface area contributed by atoms with Gasteiger partial charge < -0.3 is 25.4 Å². The summed E-state index contributed by atoms with van der Waals surface area (Å²) in [6.07, 6.45) is 0. The molecule has 0 aliphatic heterocycles. The van der Waals surface area contributed by atoms with E-state index in [4.69, 9.17) is 32.7 Å². The van der Waals surface area contributed by atoms with E-state index in [0.29, 0.717) is 38.5 Å². The van der Waals surface area contributed by atoms with Crippen LogP contribution in [0.15, 0.2) is 30.3 Å². The lowest BCUT2D eigenvalue weighted by molar-refractivity contribution is -0.114. The number of anilines is 2. The molecule has 2 aromatic carbocycles. The Kier molecular flexibility index (Phi) is 7.15. The van der Waals surface area contributed by atoms with Crippen LogP contribution in [-0.4, -0.2) is 39.6 Å². The van der Waals surface area contributed by atoms with Crippen LogP contribution >= 0.6 is 23.2 Å². The predicted octanol–water partition coefficient (Wildman–Crippen LogP) is 3.42. The second-order valence-corrected chi connectivity index (χ2v) is 6.18. The minimum absolute atomic E-state index is 0.0784. The molecule has 27 heavy (non-hydrogen) atoms. The molecule has 0 spiro atoms. The molecule has 0 saturated heterocycles. The normalized spacial score (nSPS) is 10.1. The molecule has 0 heterocycles. The summed E-state index contributed by atoms with van der Waals surface area (Å²) < 4.78 is 10.4. The number of nitrogens with one attached hydrogen (secondary N) is 3. The molecule has 0 unspecified atom stereocenters. The topological polar surface area (TPSA) is 88.7 Å². The molecule has 0 saturated carbocycles. The maximum absolute atomic E-state index is 12.3. The monoisotopic (exact) mass is 411 g/mol. The van der Waals surface area contributed by atoms with E-state index in [9.17, 15) is 9.59 Å². The van der Waals surface area contributed by atoms with E-state index in [1.54, 1.807) is 30.3 Å². The quantitative estimate of drug-likeness (QED) is 0.649. The zero-order chi connectivity index (χ0) is 20.0. The first-order chi connectivity index (χ1) is 12.9. The van der Waals surface area contributed by atoms with E-state index in [-0.39, 0.29) is 18.4 Å². The average molecular weight is 412 g/mol. The van der Waals surface area contributed by atoms with Gasteiger partial charge in [-0.05, 0) is 18.2 Å². The fourth-order valence-electron chi connectivity index (χ4n) is 2.27. The van der Waals surface area contributed by atoms with E-state index < -0.39 is 0 Å². The summed E-state index contributed by atoms with van der Waals surface area (Å²) in [5, 5.41) is 8.90. The van der Waals surface area contributed by atoms with Gasteiger partial charge in [0, 0.05) is 24.7 Å².